The maximum Gasteiger partial charge on any atom is 0.270 e. The molecule has 0 saturated heterocycles. The highest BCUT2D eigenvalue weighted by molar-refractivity contribution is 6.35. The fourth-order valence-corrected chi connectivity index (χ4v) is 2.81. The van der Waals surface area contributed by atoms with Gasteiger partial charge in [-0.3, -0.25) is 14.9 Å². The van der Waals surface area contributed by atoms with Gasteiger partial charge >= 0.3 is 0 Å². The smallest absolute Gasteiger partial charge is 0.270 e. The van der Waals surface area contributed by atoms with Gasteiger partial charge in [-0.25, -0.2) is 0 Å². The van der Waals surface area contributed by atoms with Crippen molar-refractivity contribution in [2.75, 3.05) is 18.0 Å². The number of hydrogen-bond donors (Lipinski definition) is 1. The van der Waals surface area contributed by atoms with Crippen LogP contribution in [0.15, 0.2) is 48.5 Å². The number of fused-ring (bicyclic) bond motifs is 1. The summed E-state index contributed by atoms with van der Waals surface area (Å²) in [7, 11) is 0. The van der Waals surface area contributed by atoms with E-state index in [9.17, 15) is 14.9 Å². The maximum absolute atomic E-state index is 12.8. The Morgan fingerprint density at radius 3 is 2.71 bits per heavy atom. The van der Waals surface area contributed by atoms with E-state index < -0.39 is 4.92 Å². The van der Waals surface area contributed by atoms with Crippen LogP contribution in [0.2, 0.25) is 0 Å². The summed E-state index contributed by atoms with van der Waals surface area (Å²) >= 11 is 0. The first-order valence-corrected chi connectivity index (χ1v) is 7.69. The number of carbonyl (C=O) groups excluding carboxylic acids is 1. The third-order valence-corrected chi connectivity index (χ3v) is 3.94. The summed E-state index contributed by atoms with van der Waals surface area (Å²) in [4.78, 5) is 25.0. The van der Waals surface area contributed by atoms with Gasteiger partial charge in [-0.2, -0.15) is 0 Å². The SMILES string of the molecule is NCCCN1C(=O)C(=Cc2cccc([N+](=O)[O-])c2)c2ccccc21. The minimum Gasteiger partial charge on any atom is -0.330 e. The van der Waals surface area contributed by atoms with Gasteiger partial charge in [0, 0.05) is 29.8 Å². The third-order valence-electron chi connectivity index (χ3n) is 3.94. The van der Waals surface area contributed by atoms with E-state index in [4.69, 9.17) is 5.73 Å². The Morgan fingerprint density at radius 1 is 1.17 bits per heavy atom. The number of hydrogen-bond acceptors (Lipinski definition) is 4. The quantitative estimate of drug-likeness (QED) is 0.520. The number of benzene rings is 2. The first-order valence-electron chi connectivity index (χ1n) is 7.69. The summed E-state index contributed by atoms with van der Waals surface area (Å²) < 4.78 is 0. The van der Waals surface area contributed by atoms with E-state index in [0.29, 0.717) is 30.6 Å². The van der Waals surface area contributed by atoms with Gasteiger partial charge in [0.15, 0.2) is 0 Å². The van der Waals surface area contributed by atoms with Crippen molar-refractivity contribution in [3.63, 3.8) is 0 Å². The van der Waals surface area contributed by atoms with Crippen LogP contribution in [-0.4, -0.2) is 23.9 Å². The lowest BCUT2D eigenvalue weighted by Crippen LogP contribution is -2.28. The molecule has 2 N–H and O–H groups in total. The van der Waals surface area contributed by atoms with Crippen LogP contribution in [0, 0.1) is 10.1 Å². The Bertz CT molecular complexity index is 830. The molecule has 6 nitrogen and oxygen atoms in total. The van der Waals surface area contributed by atoms with E-state index in [2.05, 4.69) is 0 Å². The molecule has 1 aliphatic rings. The molecule has 0 saturated carbocycles. The molecule has 2 aromatic carbocycles. The second kappa shape index (κ2) is 6.64. The van der Waals surface area contributed by atoms with Crippen LogP contribution in [0.25, 0.3) is 11.6 Å². The van der Waals surface area contributed by atoms with Crippen LogP contribution in [-0.2, 0) is 4.79 Å². The molecule has 1 aliphatic heterocycles. The Kier molecular flexibility index (Phi) is 4.39. The topological polar surface area (TPSA) is 89.5 Å². The highest BCUT2D eigenvalue weighted by atomic mass is 16.6. The van der Waals surface area contributed by atoms with E-state index in [-0.39, 0.29) is 11.6 Å². The van der Waals surface area contributed by atoms with Crippen molar-refractivity contribution in [3.8, 4) is 0 Å². The van der Waals surface area contributed by atoms with Crippen LogP contribution in [0.3, 0.4) is 0 Å². The normalized spacial score (nSPS) is 15.0. The number of anilines is 1. The molecule has 1 heterocycles. The van der Waals surface area contributed by atoms with Crippen LogP contribution < -0.4 is 10.6 Å². The minimum absolute atomic E-state index is 0.00284. The molecule has 122 valence electrons. The number of nitro benzene ring substituents is 1. The third kappa shape index (κ3) is 2.91. The van der Waals surface area contributed by atoms with Crippen LogP contribution in [0.4, 0.5) is 11.4 Å². The van der Waals surface area contributed by atoms with Gasteiger partial charge in [-0.1, -0.05) is 30.3 Å². The molecule has 0 bridgehead atoms. The number of rotatable bonds is 5. The van der Waals surface area contributed by atoms with Crippen molar-refractivity contribution in [2.24, 2.45) is 5.73 Å². The van der Waals surface area contributed by atoms with Gasteiger partial charge in [-0.15, -0.1) is 0 Å². The molecule has 2 aromatic rings. The largest absolute Gasteiger partial charge is 0.330 e. The van der Waals surface area contributed by atoms with E-state index in [0.717, 1.165) is 11.3 Å². The zero-order valence-electron chi connectivity index (χ0n) is 13.0. The fraction of sp³-hybridized carbons (Fsp3) is 0.167. The lowest BCUT2D eigenvalue weighted by atomic mass is 10.0. The molecule has 0 unspecified atom stereocenters. The highest BCUT2D eigenvalue weighted by Gasteiger charge is 2.31. The van der Waals surface area contributed by atoms with Crippen LogP contribution in [0.5, 0.6) is 0 Å². The molecule has 0 atom stereocenters. The molecule has 6 heteroatoms. The average Bonchev–Trinajstić information content (AvgIpc) is 2.85. The lowest BCUT2D eigenvalue weighted by Gasteiger charge is -2.16. The van der Waals surface area contributed by atoms with Gasteiger partial charge in [0.05, 0.1) is 10.6 Å². The van der Waals surface area contributed by atoms with Gasteiger partial charge in [-0.05, 0) is 30.7 Å². The van der Waals surface area contributed by atoms with Gasteiger partial charge < -0.3 is 10.6 Å². The summed E-state index contributed by atoms with van der Waals surface area (Å²) in [6.07, 6.45) is 2.42. The van der Waals surface area contributed by atoms with E-state index in [1.165, 1.54) is 12.1 Å². The highest BCUT2D eigenvalue weighted by Crippen LogP contribution is 2.37. The molecule has 0 spiro atoms. The standard InChI is InChI=1S/C18H17N3O3/c19-9-4-10-20-17-8-2-1-7-15(17)16(18(20)22)12-13-5-3-6-14(11-13)21(23)24/h1-3,5-8,11-12H,4,9-10,19H2. The summed E-state index contributed by atoms with van der Waals surface area (Å²) in [6.45, 7) is 1.06. The minimum atomic E-state index is -0.444. The Labute approximate surface area is 139 Å². The van der Waals surface area contributed by atoms with Crippen molar-refractivity contribution in [1.29, 1.82) is 0 Å². The van der Waals surface area contributed by atoms with Gasteiger partial charge in [0.1, 0.15) is 0 Å². The number of non-ortho nitro benzene ring substituents is 1. The van der Waals surface area contributed by atoms with Crippen molar-refractivity contribution in [2.45, 2.75) is 6.42 Å². The molecule has 3 rings (SSSR count). The number of nitrogens with zero attached hydrogens (tertiary/aromatic N) is 2. The molecule has 0 radical (unpaired) electrons. The molecular formula is C18H17N3O3. The lowest BCUT2D eigenvalue weighted by molar-refractivity contribution is -0.384. The van der Waals surface area contributed by atoms with Crippen LogP contribution >= 0.6 is 0 Å². The molecular weight excluding hydrogens is 306 g/mol. The van der Waals surface area contributed by atoms with Crippen molar-refractivity contribution >= 4 is 28.9 Å². The zero-order chi connectivity index (χ0) is 17.1. The average molecular weight is 323 g/mol. The molecule has 0 aliphatic carbocycles. The van der Waals surface area contributed by atoms with E-state index in [1.54, 1.807) is 23.1 Å². The molecule has 1 amide bonds. The van der Waals surface area contributed by atoms with E-state index >= 15 is 0 Å². The zero-order valence-corrected chi connectivity index (χ0v) is 13.0. The number of para-hydroxylation sites is 1. The second-order valence-electron chi connectivity index (χ2n) is 5.53. The van der Waals surface area contributed by atoms with Crippen molar-refractivity contribution < 1.29 is 9.72 Å². The van der Waals surface area contributed by atoms with E-state index in [1.807, 2.05) is 24.3 Å². The Balaban J connectivity index is 2.03. The summed E-state index contributed by atoms with van der Waals surface area (Å²) in [6, 6.07) is 13.8. The molecule has 24 heavy (non-hydrogen) atoms. The molecule has 0 aromatic heterocycles. The maximum atomic E-state index is 12.8. The fourth-order valence-electron chi connectivity index (χ4n) is 2.81. The first-order chi connectivity index (χ1) is 11.6. The van der Waals surface area contributed by atoms with Crippen molar-refractivity contribution in [3.05, 3.63) is 69.8 Å². The molecule has 0 fully saturated rings. The first kappa shape index (κ1) is 15.9. The Morgan fingerprint density at radius 2 is 1.96 bits per heavy atom. The number of nitro groups is 1. The summed E-state index contributed by atoms with van der Waals surface area (Å²) in [5.74, 6) is -0.101. The summed E-state index contributed by atoms with van der Waals surface area (Å²) in [5.41, 5.74) is 8.43. The Hall–Kier alpha value is -2.99. The van der Waals surface area contributed by atoms with Crippen LogP contribution in [0.1, 0.15) is 17.5 Å². The monoisotopic (exact) mass is 323 g/mol. The number of carbonyl (C=O) groups is 1. The number of nitrogens with two attached hydrogens (primary N) is 1. The number of amides is 1. The predicted octanol–water partition coefficient (Wildman–Crippen LogP) is 2.83. The summed E-state index contributed by atoms with van der Waals surface area (Å²) in [5, 5.41) is 10.9. The second-order valence-corrected chi connectivity index (χ2v) is 5.53. The van der Waals surface area contributed by atoms with Gasteiger partial charge in [0.2, 0.25) is 0 Å². The van der Waals surface area contributed by atoms with Crippen molar-refractivity contribution in [1.82, 2.24) is 0 Å². The van der Waals surface area contributed by atoms with Gasteiger partial charge in [0.25, 0.3) is 11.6 Å². The predicted molar refractivity (Wildman–Crippen MR) is 93.4 cm³/mol.